The summed E-state index contributed by atoms with van der Waals surface area (Å²) >= 11 is 0. The summed E-state index contributed by atoms with van der Waals surface area (Å²) in [7, 11) is 0. The van der Waals surface area contributed by atoms with E-state index in [1.165, 1.54) is 11.1 Å². The summed E-state index contributed by atoms with van der Waals surface area (Å²) in [5.41, 5.74) is 2.58. The molecule has 1 rings (SSSR count). The molecule has 0 aliphatic carbocycles. The molecular weight excluding hydrogens is 210 g/mol. The van der Waals surface area contributed by atoms with Gasteiger partial charge in [-0.05, 0) is 24.1 Å². The summed E-state index contributed by atoms with van der Waals surface area (Å²) in [5.74, 6) is 0. The fourth-order valence-corrected chi connectivity index (χ4v) is 1.57. The molecule has 0 fully saturated rings. The highest BCUT2D eigenvalue weighted by molar-refractivity contribution is 5.22. The highest BCUT2D eigenvalue weighted by Gasteiger charge is 1.96. The molecule has 0 bridgehead atoms. The van der Waals surface area contributed by atoms with Gasteiger partial charge in [-0.2, -0.15) is 0 Å². The maximum absolute atomic E-state index is 5.39. The minimum atomic E-state index is 0.557. The molecular formula is C15H23NO. The highest BCUT2D eigenvalue weighted by Crippen LogP contribution is 2.06. The van der Waals surface area contributed by atoms with Crippen LogP contribution in [-0.2, 0) is 17.8 Å². The van der Waals surface area contributed by atoms with Crippen LogP contribution in [0.2, 0.25) is 0 Å². The van der Waals surface area contributed by atoms with Crippen LogP contribution in [0.15, 0.2) is 36.9 Å². The van der Waals surface area contributed by atoms with Crippen molar-refractivity contribution < 1.29 is 4.74 Å². The van der Waals surface area contributed by atoms with Crippen LogP contribution in [-0.4, -0.2) is 19.2 Å². The molecule has 0 aliphatic rings. The molecule has 0 radical (unpaired) electrons. The summed E-state index contributed by atoms with van der Waals surface area (Å²) in [6.07, 6.45) is 2.85. The standard InChI is InChI=1S/C15H23NO/c1-4-11-17-12-15-7-5-14(6-8-15)9-10-16-13(2)3/h4-8,13,16H,1,9-12H2,2-3H3. The monoisotopic (exact) mass is 233 g/mol. The summed E-state index contributed by atoms with van der Waals surface area (Å²) in [5, 5.41) is 3.41. The van der Waals surface area contributed by atoms with Crippen molar-refractivity contribution in [1.29, 1.82) is 0 Å². The Labute approximate surface area is 105 Å². The van der Waals surface area contributed by atoms with Crippen molar-refractivity contribution in [2.75, 3.05) is 13.2 Å². The van der Waals surface area contributed by atoms with Crippen LogP contribution in [0, 0.1) is 0 Å². The Morgan fingerprint density at radius 3 is 2.47 bits per heavy atom. The molecule has 0 saturated carbocycles. The molecule has 0 spiro atoms. The van der Waals surface area contributed by atoms with Crippen LogP contribution in [0.25, 0.3) is 0 Å². The molecule has 0 aliphatic heterocycles. The van der Waals surface area contributed by atoms with Crippen molar-refractivity contribution in [3.05, 3.63) is 48.0 Å². The van der Waals surface area contributed by atoms with Gasteiger partial charge in [0.05, 0.1) is 13.2 Å². The van der Waals surface area contributed by atoms with Gasteiger partial charge < -0.3 is 10.1 Å². The van der Waals surface area contributed by atoms with E-state index in [0.29, 0.717) is 19.3 Å². The lowest BCUT2D eigenvalue weighted by molar-refractivity contribution is 0.149. The lowest BCUT2D eigenvalue weighted by atomic mass is 10.1. The minimum absolute atomic E-state index is 0.557. The Bertz CT molecular complexity index is 316. The van der Waals surface area contributed by atoms with Crippen LogP contribution in [0.4, 0.5) is 0 Å². The van der Waals surface area contributed by atoms with Gasteiger partial charge in [-0.1, -0.05) is 44.2 Å². The second kappa shape index (κ2) is 8.04. The largest absolute Gasteiger partial charge is 0.373 e. The van der Waals surface area contributed by atoms with Gasteiger partial charge in [-0.25, -0.2) is 0 Å². The number of ether oxygens (including phenoxy) is 1. The second-order valence-corrected chi connectivity index (χ2v) is 4.48. The van der Waals surface area contributed by atoms with Crippen molar-refractivity contribution in [2.45, 2.75) is 32.9 Å². The lowest BCUT2D eigenvalue weighted by Crippen LogP contribution is -2.24. The molecule has 2 nitrogen and oxygen atoms in total. The molecule has 94 valence electrons. The van der Waals surface area contributed by atoms with Crippen LogP contribution in [0.1, 0.15) is 25.0 Å². The first-order valence-electron chi connectivity index (χ1n) is 6.22. The van der Waals surface area contributed by atoms with Crippen molar-refractivity contribution in [1.82, 2.24) is 5.32 Å². The van der Waals surface area contributed by atoms with E-state index in [1.54, 1.807) is 6.08 Å². The SMILES string of the molecule is C=CCOCc1ccc(CCNC(C)C)cc1. The van der Waals surface area contributed by atoms with Crippen molar-refractivity contribution in [2.24, 2.45) is 0 Å². The summed E-state index contributed by atoms with van der Waals surface area (Å²) < 4.78 is 5.39. The molecule has 2 heteroatoms. The molecule has 1 N–H and O–H groups in total. The Morgan fingerprint density at radius 1 is 1.24 bits per heavy atom. The zero-order valence-corrected chi connectivity index (χ0v) is 10.9. The van der Waals surface area contributed by atoms with E-state index >= 15 is 0 Å². The number of benzene rings is 1. The fraction of sp³-hybridized carbons (Fsp3) is 0.467. The van der Waals surface area contributed by atoms with Gasteiger partial charge in [0.15, 0.2) is 0 Å². The zero-order valence-electron chi connectivity index (χ0n) is 10.9. The molecule has 1 aromatic rings. The van der Waals surface area contributed by atoms with Crippen molar-refractivity contribution in [3.8, 4) is 0 Å². The maximum Gasteiger partial charge on any atom is 0.0721 e. The molecule has 0 saturated heterocycles. The van der Waals surface area contributed by atoms with Crippen LogP contribution >= 0.6 is 0 Å². The Balaban J connectivity index is 2.31. The number of rotatable bonds is 8. The Kier molecular flexibility index (Phi) is 6.60. The van der Waals surface area contributed by atoms with E-state index in [4.69, 9.17) is 4.74 Å². The van der Waals surface area contributed by atoms with Crippen LogP contribution in [0.3, 0.4) is 0 Å². The molecule has 0 unspecified atom stereocenters. The van der Waals surface area contributed by atoms with E-state index in [-0.39, 0.29) is 0 Å². The first-order valence-corrected chi connectivity index (χ1v) is 6.22. The third-order valence-corrected chi connectivity index (χ3v) is 2.49. The molecule has 0 aromatic heterocycles. The van der Waals surface area contributed by atoms with Gasteiger partial charge in [0, 0.05) is 6.04 Å². The average molecular weight is 233 g/mol. The van der Waals surface area contributed by atoms with Crippen molar-refractivity contribution in [3.63, 3.8) is 0 Å². The van der Waals surface area contributed by atoms with Crippen LogP contribution in [0.5, 0.6) is 0 Å². The molecule has 0 amide bonds. The quantitative estimate of drug-likeness (QED) is 0.550. The lowest BCUT2D eigenvalue weighted by Gasteiger charge is -2.08. The smallest absolute Gasteiger partial charge is 0.0721 e. The molecule has 0 atom stereocenters. The average Bonchev–Trinajstić information content (AvgIpc) is 2.31. The maximum atomic E-state index is 5.39. The third-order valence-electron chi connectivity index (χ3n) is 2.49. The predicted molar refractivity (Wildman–Crippen MR) is 73.1 cm³/mol. The van der Waals surface area contributed by atoms with Gasteiger partial charge in [-0.15, -0.1) is 6.58 Å². The number of hydrogen-bond acceptors (Lipinski definition) is 2. The minimum Gasteiger partial charge on any atom is -0.373 e. The Hall–Kier alpha value is -1.12. The molecule has 17 heavy (non-hydrogen) atoms. The Morgan fingerprint density at radius 2 is 1.88 bits per heavy atom. The number of nitrogens with one attached hydrogen (secondary N) is 1. The van der Waals surface area contributed by atoms with Gasteiger partial charge >= 0.3 is 0 Å². The van der Waals surface area contributed by atoms with E-state index in [0.717, 1.165) is 13.0 Å². The zero-order chi connectivity index (χ0) is 12.5. The topological polar surface area (TPSA) is 21.3 Å². The summed E-state index contributed by atoms with van der Waals surface area (Å²) in [6, 6.07) is 9.17. The van der Waals surface area contributed by atoms with Gasteiger partial charge in [0.25, 0.3) is 0 Å². The third kappa shape index (κ3) is 6.25. The molecule has 0 heterocycles. The highest BCUT2D eigenvalue weighted by atomic mass is 16.5. The normalized spacial score (nSPS) is 10.8. The second-order valence-electron chi connectivity index (χ2n) is 4.48. The van der Waals surface area contributed by atoms with Crippen LogP contribution < -0.4 is 5.32 Å². The predicted octanol–water partition coefficient (Wildman–Crippen LogP) is 2.93. The number of hydrogen-bond donors (Lipinski definition) is 1. The summed E-state index contributed by atoms with van der Waals surface area (Å²) in [6.45, 7) is 10.3. The summed E-state index contributed by atoms with van der Waals surface area (Å²) in [4.78, 5) is 0. The van der Waals surface area contributed by atoms with Gasteiger partial charge in [0.1, 0.15) is 0 Å². The molecule has 1 aromatic carbocycles. The fourth-order valence-electron chi connectivity index (χ4n) is 1.57. The van der Waals surface area contributed by atoms with E-state index in [1.807, 2.05) is 0 Å². The van der Waals surface area contributed by atoms with Gasteiger partial charge in [0.2, 0.25) is 0 Å². The van der Waals surface area contributed by atoms with Crippen molar-refractivity contribution >= 4 is 0 Å². The van der Waals surface area contributed by atoms with E-state index < -0.39 is 0 Å². The van der Waals surface area contributed by atoms with E-state index in [9.17, 15) is 0 Å². The first kappa shape index (κ1) is 13.9. The van der Waals surface area contributed by atoms with Gasteiger partial charge in [-0.3, -0.25) is 0 Å². The first-order chi connectivity index (χ1) is 8.22. The van der Waals surface area contributed by atoms with E-state index in [2.05, 4.69) is 50.0 Å².